The van der Waals surface area contributed by atoms with E-state index in [4.69, 9.17) is 13.9 Å². The fourth-order valence-corrected chi connectivity index (χ4v) is 3.76. The first-order chi connectivity index (χ1) is 16.0. The highest BCUT2D eigenvalue weighted by molar-refractivity contribution is 5.91. The monoisotopic (exact) mass is 454 g/mol. The van der Waals surface area contributed by atoms with Crippen LogP contribution >= 0.6 is 0 Å². The summed E-state index contributed by atoms with van der Waals surface area (Å²) in [6.07, 6.45) is 0. The van der Waals surface area contributed by atoms with E-state index in [1.165, 1.54) is 12.1 Å². The summed E-state index contributed by atoms with van der Waals surface area (Å²) in [6.45, 7) is 6.65. The van der Waals surface area contributed by atoms with Gasteiger partial charge in [-0.2, -0.15) is 0 Å². The van der Waals surface area contributed by atoms with Crippen LogP contribution < -0.4 is 9.47 Å². The van der Waals surface area contributed by atoms with Crippen molar-refractivity contribution in [1.29, 1.82) is 0 Å². The zero-order valence-corrected chi connectivity index (χ0v) is 19.6. The van der Waals surface area contributed by atoms with Crippen LogP contribution in [0.5, 0.6) is 11.5 Å². The molecule has 0 aliphatic heterocycles. The highest BCUT2D eigenvalue weighted by Crippen LogP contribution is 2.28. The maximum atomic E-state index is 13.8. The van der Waals surface area contributed by atoms with E-state index < -0.39 is 0 Å². The van der Waals surface area contributed by atoms with Crippen LogP contribution in [0.4, 0.5) is 4.39 Å². The van der Waals surface area contributed by atoms with Crippen molar-refractivity contribution >= 4 is 5.91 Å². The summed E-state index contributed by atoms with van der Waals surface area (Å²) < 4.78 is 30.4. The Morgan fingerprint density at radius 1 is 0.879 bits per heavy atom. The molecule has 1 amide bonds. The number of rotatable bonds is 11. The van der Waals surface area contributed by atoms with Crippen LogP contribution in [0.25, 0.3) is 0 Å². The number of carbonyl (C=O) groups is 1. The van der Waals surface area contributed by atoms with Crippen LogP contribution in [0.3, 0.4) is 0 Å². The van der Waals surface area contributed by atoms with E-state index in [0.29, 0.717) is 55.7 Å². The number of nitrogens with zero attached hydrogens (tertiary/aromatic N) is 2. The van der Waals surface area contributed by atoms with Crippen molar-refractivity contribution in [2.45, 2.75) is 33.5 Å². The van der Waals surface area contributed by atoms with E-state index in [-0.39, 0.29) is 11.7 Å². The molecule has 0 unspecified atom stereocenters. The van der Waals surface area contributed by atoms with E-state index >= 15 is 0 Å². The lowest BCUT2D eigenvalue weighted by molar-refractivity contribution is 0.0736. The molecule has 0 fully saturated rings. The van der Waals surface area contributed by atoms with Crippen molar-refractivity contribution in [1.82, 2.24) is 9.80 Å². The molecule has 0 radical (unpaired) electrons. The first-order valence-electron chi connectivity index (χ1n) is 11.0. The Balaban J connectivity index is 1.83. The van der Waals surface area contributed by atoms with Crippen LogP contribution in [0, 0.1) is 5.82 Å². The maximum absolute atomic E-state index is 13.8. The number of furan rings is 1. The Morgan fingerprint density at radius 3 is 2.21 bits per heavy atom. The SMILES string of the molecule is CCN(CC)C(=O)c1ccc(CN(Cc2cccc(F)c2)Cc2ccc(OC)c(OC)c2)o1. The first-order valence-corrected chi connectivity index (χ1v) is 11.0. The summed E-state index contributed by atoms with van der Waals surface area (Å²) in [5.41, 5.74) is 1.86. The fourth-order valence-electron chi connectivity index (χ4n) is 3.76. The molecule has 33 heavy (non-hydrogen) atoms. The van der Waals surface area contributed by atoms with Gasteiger partial charge in [-0.15, -0.1) is 0 Å². The molecule has 0 aliphatic rings. The second-order valence-electron chi connectivity index (χ2n) is 7.71. The Morgan fingerprint density at radius 2 is 1.58 bits per heavy atom. The zero-order chi connectivity index (χ0) is 23.8. The predicted octanol–water partition coefficient (Wildman–Crippen LogP) is 5.12. The van der Waals surface area contributed by atoms with Crippen LogP contribution in [0.2, 0.25) is 0 Å². The van der Waals surface area contributed by atoms with Crippen LogP contribution in [0.1, 0.15) is 41.3 Å². The molecule has 0 N–H and O–H groups in total. The van der Waals surface area contributed by atoms with E-state index in [2.05, 4.69) is 4.90 Å². The van der Waals surface area contributed by atoms with Gasteiger partial charge in [0.15, 0.2) is 17.3 Å². The van der Waals surface area contributed by atoms with E-state index in [9.17, 15) is 9.18 Å². The highest BCUT2D eigenvalue weighted by atomic mass is 19.1. The van der Waals surface area contributed by atoms with Crippen molar-refractivity contribution < 1.29 is 23.1 Å². The van der Waals surface area contributed by atoms with Gasteiger partial charge in [0.1, 0.15) is 11.6 Å². The molecule has 1 heterocycles. The molecule has 0 saturated carbocycles. The Bertz CT molecular complexity index is 1060. The van der Waals surface area contributed by atoms with Gasteiger partial charge in [-0.3, -0.25) is 9.69 Å². The maximum Gasteiger partial charge on any atom is 0.289 e. The number of benzene rings is 2. The number of ether oxygens (including phenoxy) is 2. The summed E-state index contributed by atoms with van der Waals surface area (Å²) in [4.78, 5) is 16.5. The normalized spacial score (nSPS) is 11.0. The average Bonchev–Trinajstić information content (AvgIpc) is 3.28. The summed E-state index contributed by atoms with van der Waals surface area (Å²) in [6, 6.07) is 15.8. The molecule has 0 bridgehead atoms. The molecule has 0 aliphatic carbocycles. The fraction of sp³-hybridized carbons (Fsp3) is 0.346. The summed E-state index contributed by atoms with van der Waals surface area (Å²) in [7, 11) is 3.20. The van der Waals surface area contributed by atoms with Gasteiger partial charge in [-0.05, 0) is 61.4 Å². The second-order valence-corrected chi connectivity index (χ2v) is 7.71. The lowest BCUT2D eigenvalue weighted by Crippen LogP contribution is -2.30. The van der Waals surface area contributed by atoms with Gasteiger partial charge in [0.25, 0.3) is 5.91 Å². The number of hydrogen-bond acceptors (Lipinski definition) is 5. The minimum absolute atomic E-state index is 0.122. The van der Waals surface area contributed by atoms with Crippen LogP contribution in [-0.4, -0.2) is 43.0 Å². The van der Waals surface area contributed by atoms with Crippen molar-refractivity contribution in [2.75, 3.05) is 27.3 Å². The van der Waals surface area contributed by atoms with E-state index in [0.717, 1.165) is 11.1 Å². The summed E-state index contributed by atoms with van der Waals surface area (Å²) >= 11 is 0. The molecule has 2 aromatic carbocycles. The van der Waals surface area contributed by atoms with E-state index in [1.807, 2.05) is 44.2 Å². The van der Waals surface area contributed by atoms with Crippen molar-refractivity contribution in [3.05, 3.63) is 83.1 Å². The minimum Gasteiger partial charge on any atom is -0.493 e. The molecule has 3 aromatic rings. The van der Waals surface area contributed by atoms with E-state index in [1.54, 1.807) is 31.3 Å². The van der Waals surface area contributed by atoms with Gasteiger partial charge in [-0.25, -0.2) is 4.39 Å². The Hall–Kier alpha value is -3.32. The van der Waals surface area contributed by atoms with Gasteiger partial charge in [0.2, 0.25) is 0 Å². The molecular formula is C26H31FN2O4. The van der Waals surface area contributed by atoms with Gasteiger partial charge in [0, 0.05) is 26.2 Å². The second kappa shape index (κ2) is 11.5. The topological polar surface area (TPSA) is 55.2 Å². The third-order valence-electron chi connectivity index (χ3n) is 5.45. The third kappa shape index (κ3) is 6.35. The molecule has 176 valence electrons. The van der Waals surface area contributed by atoms with Crippen molar-refractivity contribution in [2.24, 2.45) is 0 Å². The summed E-state index contributed by atoms with van der Waals surface area (Å²) in [5, 5.41) is 0. The van der Waals surface area contributed by atoms with Gasteiger partial charge >= 0.3 is 0 Å². The molecule has 0 saturated heterocycles. The number of amides is 1. The molecule has 1 aromatic heterocycles. The average molecular weight is 455 g/mol. The number of carbonyl (C=O) groups excluding carboxylic acids is 1. The Kier molecular flexibility index (Phi) is 8.49. The molecular weight excluding hydrogens is 423 g/mol. The lowest BCUT2D eigenvalue weighted by Gasteiger charge is -2.22. The van der Waals surface area contributed by atoms with Crippen molar-refractivity contribution in [3.8, 4) is 11.5 Å². The minimum atomic E-state index is -0.274. The first kappa shape index (κ1) is 24.3. The lowest BCUT2D eigenvalue weighted by atomic mass is 10.1. The van der Waals surface area contributed by atoms with Crippen LogP contribution in [0.15, 0.2) is 59.0 Å². The van der Waals surface area contributed by atoms with Crippen molar-refractivity contribution in [3.63, 3.8) is 0 Å². The number of halogens is 1. The van der Waals surface area contributed by atoms with Gasteiger partial charge in [-0.1, -0.05) is 18.2 Å². The number of methoxy groups -OCH3 is 2. The molecule has 3 rings (SSSR count). The smallest absolute Gasteiger partial charge is 0.289 e. The molecule has 6 nitrogen and oxygen atoms in total. The zero-order valence-electron chi connectivity index (χ0n) is 19.6. The standard InChI is InChI=1S/C26H31FN2O4/c1-5-29(6-2)26(30)24-13-11-22(33-24)18-28(16-19-8-7-9-21(27)14-19)17-20-10-12-23(31-3)25(15-20)32-4/h7-15H,5-6,16-18H2,1-4H3. The van der Waals surface area contributed by atoms with Crippen LogP contribution in [-0.2, 0) is 19.6 Å². The predicted molar refractivity (Wildman–Crippen MR) is 125 cm³/mol. The highest BCUT2D eigenvalue weighted by Gasteiger charge is 2.18. The van der Waals surface area contributed by atoms with Gasteiger partial charge in [0.05, 0.1) is 20.8 Å². The molecule has 7 heteroatoms. The molecule has 0 atom stereocenters. The summed E-state index contributed by atoms with van der Waals surface area (Å²) in [5.74, 6) is 1.90. The van der Waals surface area contributed by atoms with Gasteiger partial charge < -0.3 is 18.8 Å². The Labute approximate surface area is 194 Å². The molecule has 0 spiro atoms. The quantitative estimate of drug-likeness (QED) is 0.403. The number of hydrogen-bond donors (Lipinski definition) is 0. The third-order valence-corrected chi connectivity index (χ3v) is 5.45. The largest absolute Gasteiger partial charge is 0.493 e.